The number of halogens is 9. The van der Waals surface area contributed by atoms with Gasteiger partial charge in [0, 0.05) is 58.1 Å². The molecule has 0 spiro atoms. The van der Waals surface area contributed by atoms with E-state index >= 15 is 0 Å². The summed E-state index contributed by atoms with van der Waals surface area (Å²) in [5.41, 5.74) is 1.34. The predicted octanol–water partition coefficient (Wildman–Crippen LogP) is 3.35. The summed E-state index contributed by atoms with van der Waals surface area (Å²) in [6.45, 7) is 9.75. The highest BCUT2D eigenvalue weighted by molar-refractivity contribution is 5.73. The largest absolute Gasteiger partial charge is 0.490 e. The summed E-state index contributed by atoms with van der Waals surface area (Å²) in [7, 11) is 1.76. The van der Waals surface area contributed by atoms with E-state index in [4.69, 9.17) is 34.4 Å². The van der Waals surface area contributed by atoms with Crippen molar-refractivity contribution in [3.8, 4) is 0 Å². The van der Waals surface area contributed by atoms with E-state index in [9.17, 15) is 39.5 Å². The number of nitrogens with zero attached hydrogens (tertiary/aromatic N) is 4. The fraction of sp³-hybridized carbons (Fsp3) is 0.652. The van der Waals surface area contributed by atoms with Gasteiger partial charge in [-0.25, -0.2) is 19.4 Å². The van der Waals surface area contributed by atoms with Crippen LogP contribution in [0.1, 0.15) is 18.4 Å². The third-order valence-electron chi connectivity index (χ3n) is 5.47. The van der Waals surface area contributed by atoms with Crippen molar-refractivity contribution < 1.29 is 74.0 Å². The zero-order valence-corrected chi connectivity index (χ0v) is 22.7. The lowest BCUT2D eigenvalue weighted by Crippen LogP contribution is -2.37. The quantitative estimate of drug-likeness (QED) is 0.392. The Kier molecular flexibility index (Phi) is 16.9. The van der Waals surface area contributed by atoms with E-state index in [1.807, 2.05) is 6.20 Å². The number of rotatable bonds is 6. The fourth-order valence-electron chi connectivity index (χ4n) is 3.43. The molecule has 43 heavy (non-hydrogen) atoms. The van der Waals surface area contributed by atoms with Crippen molar-refractivity contribution in [2.45, 2.75) is 37.9 Å². The zero-order valence-electron chi connectivity index (χ0n) is 22.7. The highest BCUT2D eigenvalue weighted by atomic mass is 19.4. The fourth-order valence-corrected chi connectivity index (χ4v) is 3.43. The molecule has 0 aliphatic carbocycles. The SMILES string of the molecule is COCCN1CCN(CCN2CCCC2)Cc2cccnc21.O=C(O)C(F)(F)F.O=C(O)C(F)(F)F.O=C(O)C(F)(F)F. The molecule has 0 bridgehead atoms. The molecule has 0 aromatic carbocycles. The summed E-state index contributed by atoms with van der Waals surface area (Å²) in [4.78, 5) is 38.8. The average molecular weight is 647 g/mol. The number of carboxylic acids is 3. The van der Waals surface area contributed by atoms with Gasteiger partial charge in [0.2, 0.25) is 0 Å². The first-order valence-electron chi connectivity index (χ1n) is 12.2. The van der Waals surface area contributed by atoms with Crippen molar-refractivity contribution in [3.63, 3.8) is 0 Å². The van der Waals surface area contributed by atoms with E-state index in [0.717, 1.165) is 45.1 Å². The molecule has 2 aliphatic rings. The number of carbonyl (C=O) groups is 3. The number of alkyl halides is 9. The van der Waals surface area contributed by atoms with Crippen molar-refractivity contribution in [2.75, 3.05) is 64.4 Å². The number of carboxylic acid groups (broad SMARTS) is 3. The van der Waals surface area contributed by atoms with Crippen molar-refractivity contribution in [2.24, 2.45) is 0 Å². The number of hydrogen-bond donors (Lipinski definition) is 3. The van der Waals surface area contributed by atoms with Crippen LogP contribution in [-0.4, -0.2) is 126 Å². The Hall–Kier alpha value is -3.39. The van der Waals surface area contributed by atoms with Gasteiger partial charge in [-0.3, -0.25) is 4.90 Å². The number of fused-ring (bicyclic) bond motifs is 1. The van der Waals surface area contributed by atoms with Gasteiger partial charge in [0.25, 0.3) is 0 Å². The minimum absolute atomic E-state index is 0.754. The van der Waals surface area contributed by atoms with Gasteiger partial charge in [0.15, 0.2) is 0 Å². The first kappa shape index (κ1) is 39.6. The third kappa shape index (κ3) is 17.4. The van der Waals surface area contributed by atoms with Crippen molar-refractivity contribution >= 4 is 23.7 Å². The molecule has 0 atom stereocenters. The Bertz CT molecular complexity index is 946. The molecule has 1 saturated heterocycles. The topological polar surface area (TPSA) is 144 Å². The van der Waals surface area contributed by atoms with Gasteiger partial charge < -0.3 is 29.9 Å². The smallest absolute Gasteiger partial charge is 0.475 e. The van der Waals surface area contributed by atoms with Crippen LogP contribution in [0.4, 0.5) is 45.3 Å². The first-order valence-corrected chi connectivity index (χ1v) is 12.2. The number of aliphatic carboxylic acids is 3. The number of ether oxygens (including phenoxy) is 1. The van der Waals surface area contributed by atoms with Crippen LogP contribution < -0.4 is 4.90 Å². The lowest BCUT2D eigenvalue weighted by molar-refractivity contribution is -0.193. The van der Waals surface area contributed by atoms with Gasteiger partial charge in [0.1, 0.15) is 5.82 Å². The molecule has 1 fully saturated rings. The standard InChI is InChI=1S/C17H28N4O.3C2HF3O2/c1-22-14-13-21-12-11-20(10-9-19-7-2-3-8-19)15-16-5-4-6-18-17(16)21;3*3-2(4,5)1(6)7/h4-6H,2-3,7-15H2,1H3;3*(H,6,7). The number of hydrogen-bond acceptors (Lipinski definition) is 8. The van der Waals surface area contributed by atoms with E-state index in [1.165, 1.54) is 38.0 Å². The minimum Gasteiger partial charge on any atom is -0.475 e. The number of aromatic nitrogens is 1. The maximum Gasteiger partial charge on any atom is 0.490 e. The van der Waals surface area contributed by atoms with Crippen LogP contribution in [0, 0.1) is 0 Å². The van der Waals surface area contributed by atoms with Crippen molar-refractivity contribution in [1.82, 2.24) is 14.8 Å². The summed E-state index contributed by atoms with van der Waals surface area (Å²) in [5, 5.41) is 21.4. The maximum atomic E-state index is 10.6. The molecule has 3 N–H and O–H groups in total. The molecular weight excluding hydrogens is 615 g/mol. The van der Waals surface area contributed by atoms with Gasteiger partial charge >= 0.3 is 36.4 Å². The highest BCUT2D eigenvalue weighted by Gasteiger charge is 2.39. The second-order valence-electron chi connectivity index (χ2n) is 8.70. The molecule has 2 aliphatic heterocycles. The van der Waals surface area contributed by atoms with Gasteiger partial charge in [-0.15, -0.1) is 0 Å². The Morgan fingerprint density at radius 1 is 0.767 bits per heavy atom. The summed E-state index contributed by atoms with van der Waals surface area (Å²) in [5.74, 6) is -7.13. The highest BCUT2D eigenvalue weighted by Crippen LogP contribution is 2.22. The summed E-state index contributed by atoms with van der Waals surface area (Å²) >= 11 is 0. The zero-order chi connectivity index (χ0) is 33.4. The average Bonchev–Trinajstić information content (AvgIpc) is 3.34. The predicted molar refractivity (Wildman–Crippen MR) is 130 cm³/mol. The Labute approximate surface area is 239 Å². The van der Waals surface area contributed by atoms with Crippen LogP contribution in [0.2, 0.25) is 0 Å². The van der Waals surface area contributed by atoms with Gasteiger partial charge in [-0.1, -0.05) is 6.07 Å². The number of methoxy groups -OCH3 is 1. The Balaban J connectivity index is 0.000000690. The molecule has 11 nitrogen and oxygen atoms in total. The monoisotopic (exact) mass is 646 g/mol. The molecule has 20 heteroatoms. The summed E-state index contributed by atoms with van der Waals surface area (Å²) in [6.07, 6.45) is -10.6. The molecule has 3 heterocycles. The second kappa shape index (κ2) is 18.3. The first-order chi connectivity index (χ1) is 19.7. The lowest BCUT2D eigenvalue weighted by Gasteiger charge is -2.24. The van der Waals surface area contributed by atoms with Crippen molar-refractivity contribution in [3.05, 3.63) is 23.9 Å². The van der Waals surface area contributed by atoms with E-state index in [2.05, 4.69) is 31.8 Å². The third-order valence-corrected chi connectivity index (χ3v) is 5.47. The number of likely N-dealkylation sites (tertiary alicyclic amines) is 1. The maximum absolute atomic E-state index is 10.6. The molecule has 0 radical (unpaired) electrons. The number of pyridine rings is 1. The van der Waals surface area contributed by atoms with Gasteiger partial charge in [0.05, 0.1) is 6.61 Å². The molecule has 0 unspecified atom stereocenters. The van der Waals surface area contributed by atoms with Crippen LogP contribution in [-0.2, 0) is 25.7 Å². The Morgan fingerprint density at radius 3 is 1.63 bits per heavy atom. The van der Waals surface area contributed by atoms with E-state index in [-0.39, 0.29) is 0 Å². The van der Waals surface area contributed by atoms with E-state index in [1.54, 1.807) is 7.11 Å². The summed E-state index contributed by atoms with van der Waals surface area (Å²) in [6, 6.07) is 4.27. The van der Waals surface area contributed by atoms with Crippen LogP contribution in [0.5, 0.6) is 0 Å². The molecule has 1 aromatic rings. The van der Waals surface area contributed by atoms with Crippen LogP contribution in [0.25, 0.3) is 0 Å². The minimum atomic E-state index is -5.08. The molecule has 1 aromatic heterocycles. The summed E-state index contributed by atoms with van der Waals surface area (Å²) < 4.78 is 100. The molecule has 3 rings (SSSR count). The van der Waals surface area contributed by atoms with E-state index in [0.29, 0.717) is 0 Å². The molecular formula is C23H31F9N4O7. The van der Waals surface area contributed by atoms with Crippen LogP contribution >= 0.6 is 0 Å². The van der Waals surface area contributed by atoms with Crippen LogP contribution in [0.3, 0.4) is 0 Å². The van der Waals surface area contributed by atoms with Crippen molar-refractivity contribution in [1.29, 1.82) is 0 Å². The lowest BCUT2D eigenvalue weighted by atomic mass is 10.2. The molecule has 0 amide bonds. The molecule has 0 saturated carbocycles. The second-order valence-corrected chi connectivity index (χ2v) is 8.70. The number of anilines is 1. The van der Waals surface area contributed by atoms with E-state index < -0.39 is 36.4 Å². The normalized spacial score (nSPS) is 15.8. The van der Waals surface area contributed by atoms with Crippen LogP contribution in [0.15, 0.2) is 18.3 Å². The Morgan fingerprint density at radius 2 is 1.21 bits per heavy atom. The van der Waals surface area contributed by atoms with Gasteiger partial charge in [-0.2, -0.15) is 39.5 Å². The molecule has 248 valence electrons. The van der Waals surface area contributed by atoms with Gasteiger partial charge in [-0.05, 0) is 32.0 Å².